The molecule has 0 spiro atoms. The smallest absolute Gasteiger partial charge is 0.383 e. The highest BCUT2D eigenvalue weighted by molar-refractivity contribution is 6.32. The van der Waals surface area contributed by atoms with Crippen LogP contribution in [0.15, 0.2) is 64.6 Å². The fourth-order valence-corrected chi connectivity index (χ4v) is 4.72. The summed E-state index contributed by atoms with van der Waals surface area (Å²) in [4.78, 5) is 48.8. The average Bonchev–Trinajstić information content (AvgIpc) is 2.92. The summed E-state index contributed by atoms with van der Waals surface area (Å²) in [5, 5.41) is 2.48. The van der Waals surface area contributed by atoms with Gasteiger partial charge in [0, 0.05) is 25.0 Å². The SMILES string of the molecule is CCCC(=O)NCc1ncc(/C=C/C(c2cc(Cl)c(-n3ccc(N)nc3=O)c(-n3ccc(N)nc3=O)c2)C(F)(F)F)cc1C. The Hall–Kier alpha value is -4.98. The van der Waals surface area contributed by atoms with Crippen molar-refractivity contribution in [2.45, 2.75) is 45.3 Å². The second-order valence-electron chi connectivity index (χ2n) is 9.82. The number of nitrogen functional groups attached to an aromatic ring is 2. The first-order chi connectivity index (χ1) is 20.8. The quantitative estimate of drug-likeness (QED) is 0.250. The zero-order valence-electron chi connectivity index (χ0n) is 23.6. The number of benzene rings is 1. The Balaban J connectivity index is 1.80. The fourth-order valence-electron chi connectivity index (χ4n) is 4.41. The number of nitrogens with zero attached hydrogens (tertiary/aromatic N) is 5. The standard InChI is InChI=1S/C29H28ClF3N8O3/c1-3-4-25(42)37-15-21-16(2)11-17(14-36-21)5-6-19(29(31,32)33)18-12-20(30)26(41-10-8-24(35)39-28(41)44)22(13-18)40-9-7-23(34)38-27(40)43/h5-14,19H,3-4,15H2,1-2H3,(H,37,42)(H2,34,38,43)(H2,35,39,44)/b6-5+. The van der Waals surface area contributed by atoms with Crippen LogP contribution in [0.5, 0.6) is 0 Å². The number of halogens is 4. The van der Waals surface area contributed by atoms with Crippen molar-refractivity contribution in [3.63, 3.8) is 0 Å². The van der Waals surface area contributed by atoms with E-state index < -0.39 is 23.5 Å². The van der Waals surface area contributed by atoms with Crippen molar-refractivity contribution in [1.82, 2.24) is 29.4 Å². The van der Waals surface area contributed by atoms with Gasteiger partial charge in [0.05, 0.1) is 34.6 Å². The fraction of sp³-hybridized carbons (Fsp3) is 0.241. The first-order valence-corrected chi connectivity index (χ1v) is 13.7. The number of alkyl halides is 3. The Labute approximate surface area is 254 Å². The number of pyridine rings is 1. The van der Waals surface area contributed by atoms with Crippen molar-refractivity contribution in [3.05, 3.63) is 103 Å². The number of hydrogen-bond acceptors (Lipinski definition) is 8. The van der Waals surface area contributed by atoms with E-state index in [0.29, 0.717) is 29.7 Å². The van der Waals surface area contributed by atoms with E-state index in [1.807, 2.05) is 6.92 Å². The molecule has 1 aromatic carbocycles. The van der Waals surface area contributed by atoms with Gasteiger partial charge in [-0.1, -0.05) is 30.7 Å². The van der Waals surface area contributed by atoms with E-state index in [4.69, 9.17) is 23.1 Å². The van der Waals surface area contributed by atoms with Gasteiger partial charge in [-0.05, 0) is 60.4 Å². The largest absolute Gasteiger partial charge is 0.399 e. The highest BCUT2D eigenvalue weighted by Gasteiger charge is 2.39. The van der Waals surface area contributed by atoms with E-state index in [9.17, 15) is 27.6 Å². The first-order valence-electron chi connectivity index (χ1n) is 13.3. The van der Waals surface area contributed by atoms with Gasteiger partial charge in [-0.25, -0.2) is 9.59 Å². The maximum absolute atomic E-state index is 14.5. The highest BCUT2D eigenvalue weighted by Crippen LogP contribution is 2.40. The summed E-state index contributed by atoms with van der Waals surface area (Å²) in [5.74, 6) is -2.51. The van der Waals surface area contributed by atoms with Crippen LogP contribution in [0.3, 0.4) is 0 Å². The van der Waals surface area contributed by atoms with Crippen molar-refractivity contribution in [2.75, 3.05) is 11.5 Å². The number of nitrogens with one attached hydrogen (secondary N) is 1. The van der Waals surface area contributed by atoms with Gasteiger partial charge in [0.1, 0.15) is 11.6 Å². The predicted octanol–water partition coefficient (Wildman–Crippen LogP) is 4.08. The molecule has 1 unspecified atom stereocenters. The van der Waals surface area contributed by atoms with Crippen LogP contribution in [0.25, 0.3) is 17.5 Å². The second kappa shape index (κ2) is 13.1. The number of rotatable bonds is 9. The third kappa shape index (κ3) is 7.32. The van der Waals surface area contributed by atoms with Crippen molar-refractivity contribution >= 4 is 35.2 Å². The van der Waals surface area contributed by atoms with Crippen LogP contribution in [0.1, 0.15) is 48.1 Å². The predicted molar refractivity (Wildman–Crippen MR) is 161 cm³/mol. The molecule has 4 rings (SSSR count). The van der Waals surface area contributed by atoms with Gasteiger partial charge >= 0.3 is 17.6 Å². The lowest BCUT2D eigenvalue weighted by atomic mass is 9.95. The first kappa shape index (κ1) is 31.9. The zero-order chi connectivity index (χ0) is 32.2. The lowest BCUT2D eigenvalue weighted by Gasteiger charge is -2.22. The minimum absolute atomic E-state index is 0.0897. The summed E-state index contributed by atoms with van der Waals surface area (Å²) >= 11 is 6.52. The van der Waals surface area contributed by atoms with E-state index in [1.54, 1.807) is 13.0 Å². The Bertz CT molecular complexity index is 1850. The number of anilines is 2. The lowest BCUT2D eigenvalue weighted by molar-refractivity contribution is -0.139. The molecule has 0 aliphatic rings. The molecule has 0 aliphatic carbocycles. The molecule has 3 heterocycles. The van der Waals surface area contributed by atoms with Crippen LogP contribution in [0.4, 0.5) is 24.8 Å². The minimum Gasteiger partial charge on any atom is -0.383 e. The highest BCUT2D eigenvalue weighted by atomic mass is 35.5. The third-order valence-corrected chi connectivity index (χ3v) is 6.84. The normalized spacial score (nSPS) is 12.4. The molecular weight excluding hydrogens is 601 g/mol. The Morgan fingerprint density at radius 3 is 2.27 bits per heavy atom. The van der Waals surface area contributed by atoms with E-state index in [2.05, 4.69) is 20.3 Å². The van der Waals surface area contributed by atoms with Gasteiger partial charge in [-0.15, -0.1) is 0 Å². The number of aromatic nitrogens is 5. The molecule has 44 heavy (non-hydrogen) atoms. The molecule has 11 nitrogen and oxygen atoms in total. The number of amides is 1. The molecule has 1 atom stereocenters. The Morgan fingerprint density at radius 2 is 1.70 bits per heavy atom. The van der Waals surface area contributed by atoms with Crippen LogP contribution in [0, 0.1) is 6.92 Å². The monoisotopic (exact) mass is 628 g/mol. The molecule has 0 bridgehead atoms. The van der Waals surface area contributed by atoms with E-state index >= 15 is 0 Å². The number of aryl methyl sites for hydroxylation is 1. The van der Waals surface area contributed by atoms with Gasteiger partial charge in [-0.2, -0.15) is 23.1 Å². The number of hydrogen-bond donors (Lipinski definition) is 3. The second-order valence-corrected chi connectivity index (χ2v) is 10.2. The minimum atomic E-state index is -4.78. The molecule has 0 fully saturated rings. The molecule has 0 radical (unpaired) electrons. The molecule has 1 amide bonds. The van der Waals surface area contributed by atoms with Gasteiger partial charge < -0.3 is 16.8 Å². The zero-order valence-corrected chi connectivity index (χ0v) is 24.4. The van der Waals surface area contributed by atoms with E-state index in [-0.39, 0.29) is 46.0 Å². The molecule has 0 aliphatic heterocycles. The van der Waals surface area contributed by atoms with Crippen molar-refractivity contribution in [3.8, 4) is 11.4 Å². The van der Waals surface area contributed by atoms with Crippen LogP contribution in [-0.4, -0.2) is 36.2 Å². The molecule has 15 heteroatoms. The molecule has 0 saturated heterocycles. The molecule has 5 N–H and O–H groups in total. The number of carbonyl (C=O) groups excluding carboxylic acids is 1. The number of carbonyl (C=O) groups is 1. The van der Waals surface area contributed by atoms with Crippen LogP contribution in [-0.2, 0) is 11.3 Å². The van der Waals surface area contributed by atoms with Crippen molar-refractivity contribution in [1.29, 1.82) is 0 Å². The maximum Gasteiger partial charge on any atom is 0.399 e. The van der Waals surface area contributed by atoms with Gasteiger partial charge in [0.2, 0.25) is 5.91 Å². The average molecular weight is 629 g/mol. The topological polar surface area (TPSA) is 164 Å². The third-order valence-electron chi connectivity index (χ3n) is 6.55. The van der Waals surface area contributed by atoms with Crippen LogP contribution < -0.4 is 28.2 Å². The summed E-state index contributed by atoms with van der Waals surface area (Å²) in [5.41, 5.74) is 10.5. The van der Waals surface area contributed by atoms with Crippen molar-refractivity contribution in [2.24, 2.45) is 0 Å². The summed E-state index contributed by atoms with van der Waals surface area (Å²) in [6, 6.07) is 6.37. The Kier molecular flexibility index (Phi) is 9.53. The summed E-state index contributed by atoms with van der Waals surface area (Å²) < 4.78 is 45.4. The molecule has 3 aromatic heterocycles. The maximum atomic E-state index is 14.5. The van der Waals surface area contributed by atoms with Crippen LogP contribution >= 0.6 is 11.6 Å². The lowest BCUT2D eigenvalue weighted by Crippen LogP contribution is -2.27. The Morgan fingerprint density at radius 1 is 1.07 bits per heavy atom. The molecule has 0 saturated carbocycles. The molecular formula is C29H28ClF3N8O3. The van der Waals surface area contributed by atoms with E-state index in [1.165, 1.54) is 36.8 Å². The van der Waals surface area contributed by atoms with Gasteiger partial charge in [0.15, 0.2) is 0 Å². The number of allylic oxidation sites excluding steroid dienone is 1. The van der Waals surface area contributed by atoms with Crippen LogP contribution in [0.2, 0.25) is 5.02 Å². The van der Waals surface area contributed by atoms with Gasteiger partial charge in [-0.3, -0.25) is 18.9 Å². The van der Waals surface area contributed by atoms with Gasteiger partial charge in [0.25, 0.3) is 0 Å². The summed E-state index contributed by atoms with van der Waals surface area (Å²) in [6.07, 6.45) is 2.34. The van der Waals surface area contributed by atoms with E-state index in [0.717, 1.165) is 27.3 Å². The summed E-state index contributed by atoms with van der Waals surface area (Å²) in [7, 11) is 0. The number of nitrogens with two attached hydrogens (primary N) is 2. The molecule has 230 valence electrons. The van der Waals surface area contributed by atoms with Crippen molar-refractivity contribution < 1.29 is 18.0 Å². The summed E-state index contributed by atoms with van der Waals surface area (Å²) in [6.45, 7) is 3.82. The molecule has 4 aromatic rings.